The van der Waals surface area contributed by atoms with Crippen LogP contribution in [0.3, 0.4) is 0 Å². The van der Waals surface area contributed by atoms with E-state index in [-0.39, 0.29) is 12.0 Å². The van der Waals surface area contributed by atoms with Gasteiger partial charge in [-0.1, -0.05) is 24.3 Å². The Bertz CT molecular complexity index is 619. The summed E-state index contributed by atoms with van der Waals surface area (Å²) in [7, 11) is 0. The van der Waals surface area contributed by atoms with Gasteiger partial charge in [-0.2, -0.15) is 13.2 Å². The van der Waals surface area contributed by atoms with Crippen molar-refractivity contribution in [2.45, 2.75) is 18.7 Å². The summed E-state index contributed by atoms with van der Waals surface area (Å²) in [6.07, 6.45) is -5.89. The lowest BCUT2D eigenvalue weighted by molar-refractivity contribution is -0.137. The van der Waals surface area contributed by atoms with Crippen molar-refractivity contribution in [3.8, 4) is 0 Å². The molecular weight excluding hydrogens is 291 g/mol. The van der Waals surface area contributed by atoms with Crippen LogP contribution in [0.1, 0.15) is 22.8 Å². The minimum absolute atomic E-state index is 0.113. The average molecular weight is 302 g/mol. The fourth-order valence-electron chi connectivity index (χ4n) is 1.94. The minimum Gasteiger partial charge on any atom is -0.388 e. The van der Waals surface area contributed by atoms with E-state index in [0.717, 1.165) is 18.2 Å². The first-order valence-corrected chi connectivity index (χ1v) is 6.07. The number of benzene rings is 2. The van der Waals surface area contributed by atoms with Crippen molar-refractivity contribution in [1.29, 1.82) is 0 Å². The highest BCUT2D eigenvalue weighted by molar-refractivity contribution is 5.28. The Morgan fingerprint density at radius 2 is 1.57 bits per heavy atom. The third-order valence-electron chi connectivity index (χ3n) is 3.05. The number of rotatable bonds is 3. The fraction of sp³-hybridized carbons (Fsp3) is 0.200. The Balaban J connectivity index is 2.16. The minimum atomic E-state index is -4.44. The van der Waals surface area contributed by atoms with Gasteiger partial charge in [-0.3, -0.25) is 0 Å². The summed E-state index contributed by atoms with van der Waals surface area (Å²) < 4.78 is 63.8. The van der Waals surface area contributed by atoms with Crippen LogP contribution in [-0.2, 0) is 12.6 Å². The first-order chi connectivity index (χ1) is 9.79. The molecular formula is C15H11F5O. The highest BCUT2D eigenvalue weighted by atomic mass is 19.4. The van der Waals surface area contributed by atoms with E-state index in [1.165, 1.54) is 24.3 Å². The molecule has 2 aromatic carbocycles. The Labute approximate surface area is 117 Å². The van der Waals surface area contributed by atoms with E-state index in [9.17, 15) is 27.1 Å². The molecule has 0 heterocycles. The summed E-state index contributed by atoms with van der Waals surface area (Å²) in [5, 5.41) is 9.88. The standard InChI is InChI=1S/C15H11F5O/c16-12-3-1-2-11(14(12)17)13(21)8-9-4-6-10(7-5-9)15(18,19)20/h1-7,13,21H,8H2. The van der Waals surface area contributed by atoms with E-state index in [2.05, 4.69) is 0 Å². The Morgan fingerprint density at radius 1 is 0.952 bits per heavy atom. The molecule has 0 fully saturated rings. The second kappa shape index (κ2) is 5.81. The zero-order valence-corrected chi connectivity index (χ0v) is 10.7. The van der Waals surface area contributed by atoms with E-state index in [1.54, 1.807) is 0 Å². The maximum absolute atomic E-state index is 13.5. The topological polar surface area (TPSA) is 20.2 Å². The quantitative estimate of drug-likeness (QED) is 0.840. The SMILES string of the molecule is OC(Cc1ccc(C(F)(F)F)cc1)c1cccc(F)c1F. The number of halogens is 5. The van der Waals surface area contributed by atoms with Gasteiger partial charge in [0, 0.05) is 12.0 Å². The summed E-state index contributed by atoms with van der Waals surface area (Å²) in [6, 6.07) is 7.56. The predicted octanol–water partition coefficient (Wildman–Crippen LogP) is 4.26. The fourth-order valence-corrected chi connectivity index (χ4v) is 1.94. The van der Waals surface area contributed by atoms with Crippen LogP contribution in [0.5, 0.6) is 0 Å². The molecule has 0 aliphatic heterocycles. The lowest BCUT2D eigenvalue weighted by Crippen LogP contribution is -2.07. The summed E-state index contributed by atoms with van der Waals surface area (Å²) in [5.41, 5.74) is -0.647. The van der Waals surface area contributed by atoms with Crippen LogP contribution in [0.15, 0.2) is 42.5 Å². The van der Waals surface area contributed by atoms with Crippen molar-refractivity contribution in [3.63, 3.8) is 0 Å². The predicted molar refractivity (Wildman–Crippen MR) is 66.5 cm³/mol. The van der Waals surface area contributed by atoms with Crippen LogP contribution in [0.4, 0.5) is 22.0 Å². The van der Waals surface area contributed by atoms with Crippen LogP contribution in [0.25, 0.3) is 0 Å². The Hall–Kier alpha value is -1.95. The zero-order chi connectivity index (χ0) is 15.6. The van der Waals surface area contributed by atoms with E-state index >= 15 is 0 Å². The van der Waals surface area contributed by atoms with Crippen molar-refractivity contribution in [2.24, 2.45) is 0 Å². The highest BCUT2D eigenvalue weighted by Crippen LogP contribution is 2.30. The molecule has 0 aliphatic carbocycles. The summed E-state index contributed by atoms with van der Waals surface area (Å²) in [6.45, 7) is 0. The Morgan fingerprint density at radius 3 is 2.14 bits per heavy atom. The van der Waals surface area contributed by atoms with Crippen LogP contribution in [0, 0.1) is 11.6 Å². The molecule has 1 atom stereocenters. The molecule has 1 N–H and O–H groups in total. The molecule has 1 unspecified atom stereocenters. The molecule has 0 aromatic heterocycles. The van der Waals surface area contributed by atoms with Crippen LogP contribution in [-0.4, -0.2) is 5.11 Å². The molecule has 6 heteroatoms. The van der Waals surface area contributed by atoms with Crippen molar-refractivity contribution in [1.82, 2.24) is 0 Å². The lowest BCUT2D eigenvalue weighted by atomic mass is 10.00. The average Bonchev–Trinajstić information content (AvgIpc) is 2.41. The maximum atomic E-state index is 13.5. The molecule has 0 amide bonds. The molecule has 21 heavy (non-hydrogen) atoms. The first-order valence-electron chi connectivity index (χ1n) is 6.07. The lowest BCUT2D eigenvalue weighted by Gasteiger charge is -2.13. The van der Waals surface area contributed by atoms with Gasteiger partial charge >= 0.3 is 6.18 Å². The summed E-state index contributed by atoms with van der Waals surface area (Å²) in [5.74, 6) is -2.24. The third kappa shape index (κ3) is 3.58. The molecule has 2 rings (SSSR count). The van der Waals surface area contributed by atoms with E-state index in [1.807, 2.05) is 0 Å². The van der Waals surface area contributed by atoms with Gasteiger partial charge in [0.25, 0.3) is 0 Å². The normalized spacial score (nSPS) is 13.2. The third-order valence-corrected chi connectivity index (χ3v) is 3.05. The highest BCUT2D eigenvalue weighted by Gasteiger charge is 2.30. The molecule has 0 radical (unpaired) electrons. The molecule has 1 nitrogen and oxygen atoms in total. The van der Waals surface area contributed by atoms with Gasteiger partial charge in [-0.25, -0.2) is 8.78 Å². The number of alkyl halides is 3. The van der Waals surface area contributed by atoms with Crippen molar-refractivity contribution in [3.05, 3.63) is 70.8 Å². The smallest absolute Gasteiger partial charge is 0.388 e. The number of hydrogen-bond donors (Lipinski definition) is 1. The molecule has 0 saturated heterocycles. The van der Waals surface area contributed by atoms with Gasteiger partial charge in [0.2, 0.25) is 0 Å². The van der Waals surface area contributed by atoms with Gasteiger partial charge in [0.15, 0.2) is 11.6 Å². The van der Waals surface area contributed by atoms with Gasteiger partial charge in [0.05, 0.1) is 11.7 Å². The molecule has 0 aliphatic rings. The van der Waals surface area contributed by atoms with Gasteiger partial charge in [-0.05, 0) is 23.8 Å². The van der Waals surface area contributed by atoms with E-state index in [4.69, 9.17) is 0 Å². The van der Waals surface area contributed by atoms with Crippen LogP contribution < -0.4 is 0 Å². The van der Waals surface area contributed by atoms with Crippen molar-refractivity contribution < 1.29 is 27.1 Å². The van der Waals surface area contributed by atoms with E-state index < -0.39 is 29.5 Å². The largest absolute Gasteiger partial charge is 0.416 e. The van der Waals surface area contributed by atoms with Gasteiger partial charge in [0.1, 0.15) is 0 Å². The summed E-state index contributed by atoms with van der Waals surface area (Å²) in [4.78, 5) is 0. The van der Waals surface area contributed by atoms with Crippen LogP contribution in [0.2, 0.25) is 0 Å². The second-order valence-electron chi connectivity index (χ2n) is 4.56. The van der Waals surface area contributed by atoms with Crippen LogP contribution >= 0.6 is 0 Å². The zero-order valence-electron chi connectivity index (χ0n) is 10.7. The molecule has 2 aromatic rings. The van der Waals surface area contributed by atoms with Crippen molar-refractivity contribution in [2.75, 3.05) is 0 Å². The monoisotopic (exact) mass is 302 g/mol. The number of hydrogen-bond acceptors (Lipinski definition) is 1. The van der Waals surface area contributed by atoms with E-state index in [0.29, 0.717) is 5.56 Å². The second-order valence-corrected chi connectivity index (χ2v) is 4.56. The van der Waals surface area contributed by atoms with Crippen molar-refractivity contribution >= 4 is 0 Å². The Kier molecular flexibility index (Phi) is 4.27. The molecule has 112 valence electrons. The first kappa shape index (κ1) is 15.4. The maximum Gasteiger partial charge on any atom is 0.416 e. The molecule has 0 saturated carbocycles. The number of aliphatic hydroxyl groups excluding tert-OH is 1. The molecule has 0 spiro atoms. The van der Waals surface area contributed by atoms with Gasteiger partial charge in [-0.15, -0.1) is 0 Å². The molecule has 0 bridgehead atoms. The van der Waals surface area contributed by atoms with Gasteiger partial charge < -0.3 is 5.11 Å². The summed E-state index contributed by atoms with van der Waals surface area (Å²) >= 11 is 0. The number of aliphatic hydroxyl groups is 1.